The van der Waals surface area contributed by atoms with Crippen molar-refractivity contribution < 1.29 is 14.3 Å². The highest BCUT2D eigenvalue weighted by Gasteiger charge is 2.31. The molecule has 0 heterocycles. The number of para-hydroxylation sites is 1. The average molecular weight is 465 g/mol. The lowest BCUT2D eigenvalue weighted by Gasteiger charge is -2.32. The first-order chi connectivity index (χ1) is 16.2. The number of hydrogen-bond donors (Lipinski definition) is 1. The highest BCUT2D eigenvalue weighted by atomic mass is 16.5. The molecule has 1 fully saturated rings. The molecule has 0 unspecified atom stereocenters. The second kappa shape index (κ2) is 11.5. The summed E-state index contributed by atoms with van der Waals surface area (Å²) in [6, 6.07) is 15.6. The highest BCUT2D eigenvalue weighted by molar-refractivity contribution is 5.88. The van der Waals surface area contributed by atoms with E-state index in [1.165, 1.54) is 0 Å². The van der Waals surface area contributed by atoms with Gasteiger partial charge in [-0.2, -0.15) is 0 Å². The topological polar surface area (TPSA) is 58.6 Å². The zero-order valence-corrected chi connectivity index (χ0v) is 21.4. The maximum atomic E-state index is 13.5. The second-order valence-electron chi connectivity index (χ2n) is 10.5. The molecular weight excluding hydrogens is 424 g/mol. The van der Waals surface area contributed by atoms with Gasteiger partial charge in [0.05, 0.1) is 0 Å². The SMILES string of the molecule is CC[C@@H](C(=O)NC1CCCC1)N(Cc1cccc(C)c1)C(=O)COc1ccccc1C(C)(C)C. The zero-order valence-electron chi connectivity index (χ0n) is 21.4. The number of benzene rings is 2. The molecule has 2 amide bonds. The van der Waals surface area contributed by atoms with E-state index in [-0.39, 0.29) is 29.9 Å². The molecule has 34 heavy (non-hydrogen) atoms. The van der Waals surface area contributed by atoms with E-state index in [1.807, 2.05) is 56.3 Å². The zero-order chi connectivity index (χ0) is 24.7. The molecule has 0 aliphatic heterocycles. The van der Waals surface area contributed by atoms with E-state index in [2.05, 4.69) is 32.2 Å². The molecule has 0 bridgehead atoms. The average Bonchev–Trinajstić information content (AvgIpc) is 3.30. The summed E-state index contributed by atoms with van der Waals surface area (Å²) < 4.78 is 6.05. The number of rotatable bonds is 9. The Morgan fingerprint density at radius 3 is 2.44 bits per heavy atom. The number of ether oxygens (including phenoxy) is 1. The molecule has 1 atom stereocenters. The molecule has 5 heteroatoms. The van der Waals surface area contributed by atoms with Gasteiger partial charge in [0.1, 0.15) is 11.8 Å². The normalized spacial score (nSPS) is 15.1. The third-order valence-electron chi connectivity index (χ3n) is 6.57. The van der Waals surface area contributed by atoms with Crippen LogP contribution in [-0.4, -0.2) is 35.4 Å². The van der Waals surface area contributed by atoms with Gasteiger partial charge in [0.2, 0.25) is 5.91 Å². The van der Waals surface area contributed by atoms with Gasteiger partial charge in [0.15, 0.2) is 6.61 Å². The van der Waals surface area contributed by atoms with E-state index in [4.69, 9.17) is 4.74 Å². The van der Waals surface area contributed by atoms with E-state index in [0.29, 0.717) is 18.7 Å². The van der Waals surface area contributed by atoms with Gasteiger partial charge in [-0.1, -0.05) is 88.6 Å². The molecule has 0 aromatic heterocycles. The minimum absolute atomic E-state index is 0.0644. The summed E-state index contributed by atoms with van der Waals surface area (Å²) in [6.45, 7) is 10.6. The standard InChI is InChI=1S/C29H40N2O3/c1-6-25(28(33)30-23-14-7-8-15-23)31(19-22-13-11-12-21(2)18-22)27(32)20-34-26-17-10-9-16-24(26)29(3,4)5/h9-13,16-18,23,25H,6-8,14-15,19-20H2,1-5H3,(H,30,33)/t25-/m0/s1. The van der Waals surface area contributed by atoms with Crippen molar-refractivity contribution in [2.75, 3.05) is 6.61 Å². The number of nitrogens with zero attached hydrogens (tertiary/aromatic N) is 1. The van der Waals surface area contributed by atoms with Crippen molar-refractivity contribution in [1.82, 2.24) is 10.2 Å². The molecule has 184 valence electrons. The van der Waals surface area contributed by atoms with Crippen LogP contribution in [0.15, 0.2) is 48.5 Å². The minimum Gasteiger partial charge on any atom is -0.483 e. The Hall–Kier alpha value is -2.82. The van der Waals surface area contributed by atoms with Crippen LogP contribution in [0, 0.1) is 6.92 Å². The Morgan fingerprint density at radius 2 is 1.79 bits per heavy atom. The Balaban J connectivity index is 1.80. The molecule has 1 aliphatic carbocycles. The van der Waals surface area contributed by atoms with Gasteiger partial charge in [-0.3, -0.25) is 9.59 Å². The number of aryl methyl sites for hydroxylation is 1. The van der Waals surface area contributed by atoms with Gasteiger partial charge in [0.25, 0.3) is 5.91 Å². The molecule has 2 aromatic carbocycles. The first-order valence-electron chi connectivity index (χ1n) is 12.6. The first-order valence-corrected chi connectivity index (χ1v) is 12.6. The summed E-state index contributed by atoms with van der Waals surface area (Å²) in [5, 5.41) is 3.19. The van der Waals surface area contributed by atoms with E-state index in [1.54, 1.807) is 4.90 Å². The number of carbonyl (C=O) groups excluding carboxylic acids is 2. The van der Waals surface area contributed by atoms with Crippen molar-refractivity contribution in [3.05, 3.63) is 65.2 Å². The van der Waals surface area contributed by atoms with Crippen molar-refractivity contribution >= 4 is 11.8 Å². The number of amides is 2. The minimum atomic E-state index is -0.532. The van der Waals surface area contributed by atoms with Crippen LogP contribution in [-0.2, 0) is 21.5 Å². The Bertz CT molecular complexity index is 973. The maximum Gasteiger partial charge on any atom is 0.261 e. The van der Waals surface area contributed by atoms with Gasteiger partial charge < -0.3 is 15.0 Å². The summed E-state index contributed by atoms with van der Waals surface area (Å²) in [4.78, 5) is 28.5. The molecule has 0 spiro atoms. The largest absolute Gasteiger partial charge is 0.483 e. The van der Waals surface area contributed by atoms with Crippen LogP contribution in [0.3, 0.4) is 0 Å². The smallest absolute Gasteiger partial charge is 0.261 e. The van der Waals surface area contributed by atoms with Gasteiger partial charge >= 0.3 is 0 Å². The number of carbonyl (C=O) groups is 2. The van der Waals surface area contributed by atoms with E-state index >= 15 is 0 Å². The molecular formula is C29H40N2O3. The van der Waals surface area contributed by atoms with Crippen molar-refractivity contribution in [2.45, 2.75) is 90.8 Å². The molecule has 2 aromatic rings. The second-order valence-corrected chi connectivity index (χ2v) is 10.5. The Kier molecular flexibility index (Phi) is 8.76. The third-order valence-corrected chi connectivity index (χ3v) is 6.57. The van der Waals surface area contributed by atoms with Gasteiger partial charge in [-0.25, -0.2) is 0 Å². The quantitative estimate of drug-likeness (QED) is 0.530. The van der Waals surface area contributed by atoms with E-state index in [0.717, 1.165) is 42.4 Å². The fourth-order valence-corrected chi connectivity index (χ4v) is 4.73. The summed E-state index contributed by atoms with van der Waals surface area (Å²) >= 11 is 0. The van der Waals surface area contributed by atoms with Gasteiger partial charge in [-0.15, -0.1) is 0 Å². The lowest BCUT2D eigenvalue weighted by atomic mass is 9.86. The van der Waals surface area contributed by atoms with Crippen molar-refractivity contribution in [2.24, 2.45) is 0 Å². The third kappa shape index (κ3) is 6.85. The van der Waals surface area contributed by atoms with Crippen LogP contribution < -0.4 is 10.1 Å². The van der Waals surface area contributed by atoms with Crippen molar-refractivity contribution in [3.8, 4) is 5.75 Å². The van der Waals surface area contributed by atoms with E-state index < -0.39 is 6.04 Å². The molecule has 0 radical (unpaired) electrons. The summed E-state index contributed by atoms with van der Waals surface area (Å²) in [5.41, 5.74) is 3.09. The predicted octanol–water partition coefficient (Wildman–Crippen LogP) is 5.54. The molecule has 5 nitrogen and oxygen atoms in total. The Labute approximate surface area is 204 Å². The predicted molar refractivity (Wildman–Crippen MR) is 137 cm³/mol. The van der Waals surface area contributed by atoms with Crippen LogP contribution in [0.25, 0.3) is 0 Å². The molecule has 1 N–H and O–H groups in total. The van der Waals surface area contributed by atoms with Crippen LogP contribution >= 0.6 is 0 Å². The fourth-order valence-electron chi connectivity index (χ4n) is 4.73. The van der Waals surface area contributed by atoms with Gasteiger partial charge in [-0.05, 0) is 48.8 Å². The molecule has 3 rings (SSSR count). The van der Waals surface area contributed by atoms with E-state index in [9.17, 15) is 9.59 Å². The van der Waals surface area contributed by atoms with Crippen molar-refractivity contribution in [3.63, 3.8) is 0 Å². The van der Waals surface area contributed by atoms with Crippen LogP contribution in [0.1, 0.15) is 76.5 Å². The van der Waals surface area contributed by atoms with Crippen LogP contribution in [0.2, 0.25) is 0 Å². The number of hydrogen-bond acceptors (Lipinski definition) is 3. The fraction of sp³-hybridized carbons (Fsp3) is 0.517. The summed E-state index contributed by atoms with van der Waals surface area (Å²) in [7, 11) is 0. The monoisotopic (exact) mass is 464 g/mol. The summed E-state index contributed by atoms with van der Waals surface area (Å²) in [6.07, 6.45) is 4.87. The van der Waals surface area contributed by atoms with Gasteiger partial charge in [0, 0.05) is 12.6 Å². The lowest BCUT2D eigenvalue weighted by molar-refractivity contribution is -0.143. The highest BCUT2D eigenvalue weighted by Crippen LogP contribution is 2.31. The van der Waals surface area contributed by atoms with Crippen LogP contribution in [0.5, 0.6) is 5.75 Å². The molecule has 1 aliphatic rings. The van der Waals surface area contributed by atoms with Crippen molar-refractivity contribution in [1.29, 1.82) is 0 Å². The lowest BCUT2D eigenvalue weighted by Crippen LogP contribution is -2.52. The molecule has 0 saturated heterocycles. The van der Waals surface area contributed by atoms with Crippen LogP contribution in [0.4, 0.5) is 0 Å². The molecule has 1 saturated carbocycles. The first kappa shape index (κ1) is 25.8. The maximum absolute atomic E-state index is 13.5. The number of nitrogens with one attached hydrogen (secondary N) is 1. The summed E-state index contributed by atoms with van der Waals surface area (Å²) in [5.74, 6) is 0.464. The Morgan fingerprint density at radius 1 is 1.09 bits per heavy atom.